The monoisotopic (exact) mass is 390 g/mol. The van der Waals surface area contributed by atoms with Gasteiger partial charge in [0.05, 0.1) is 4.34 Å². The number of carbonyl (C=O) groups is 1. The Bertz CT molecular complexity index is 851. The molecule has 0 aliphatic carbocycles. The number of hydrogen-bond acceptors (Lipinski definition) is 4. The van der Waals surface area contributed by atoms with Gasteiger partial charge in [-0.1, -0.05) is 41.4 Å². The van der Waals surface area contributed by atoms with Crippen LogP contribution in [0.1, 0.15) is 11.6 Å². The van der Waals surface area contributed by atoms with E-state index in [4.69, 9.17) is 23.2 Å². The summed E-state index contributed by atoms with van der Waals surface area (Å²) >= 11 is 13.0. The maximum absolute atomic E-state index is 12.9. The van der Waals surface area contributed by atoms with Crippen molar-refractivity contribution in [2.45, 2.75) is 10.3 Å². The molecule has 3 rings (SSSR count). The summed E-state index contributed by atoms with van der Waals surface area (Å²) in [7, 11) is -3.84. The molecule has 1 unspecified atom stereocenters. The summed E-state index contributed by atoms with van der Waals surface area (Å²) < 4.78 is 27.4. The summed E-state index contributed by atoms with van der Waals surface area (Å²) in [6, 6.07) is 8.70. The second-order valence-electron chi connectivity index (χ2n) is 4.89. The van der Waals surface area contributed by atoms with Crippen molar-refractivity contribution < 1.29 is 13.2 Å². The van der Waals surface area contributed by atoms with Crippen LogP contribution in [0, 0.1) is 0 Å². The number of thiophene rings is 1. The van der Waals surface area contributed by atoms with Gasteiger partial charge < -0.3 is 5.32 Å². The standard InChI is InChI=1S/C14H12Cl2N2O3S2/c15-10-4-2-1-3-9(10)13-14(19)17-7-8-18(13)23(20,21)12-6-5-11(16)22-12/h1-6,13H,7-8H2,(H,17,19). The number of rotatable bonds is 3. The number of hydrogen-bond donors (Lipinski definition) is 1. The summed E-state index contributed by atoms with van der Waals surface area (Å²) in [5, 5.41) is 3.04. The number of nitrogens with one attached hydrogen (secondary N) is 1. The van der Waals surface area contributed by atoms with Crippen LogP contribution in [0.4, 0.5) is 0 Å². The molecule has 1 aliphatic heterocycles. The van der Waals surface area contributed by atoms with E-state index in [1.165, 1.54) is 16.4 Å². The Morgan fingerprint density at radius 3 is 2.57 bits per heavy atom. The molecule has 1 aliphatic rings. The highest BCUT2D eigenvalue weighted by molar-refractivity contribution is 7.91. The first-order chi connectivity index (χ1) is 10.9. The average Bonchev–Trinajstić information content (AvgIpc) is 2.95. The van der Waals surface area contributed by atoms with Crippen LogP contribution in [0.15, 0.2) is 40.6 Å². The molecule has 0 bridgehead atoms. The van der Waals surface area contributed by atoms with Crippen molar-refractivity contribution in [3.05, 3.63) is 51.3 Å². The molecule has 0 radical (unpaired) electrons. The molecule has 1 aromatic heterocycles. The second kappa shape index (κ2) is 6.41. The average molecular weight is 391 g/mol. The maximum Gasteiger partial charge on any atom is 0.253 e. The largest absolute Gasteiger partial charge is 0.353 e. The van der Waals surface area contributed by atoms with Gasteiger partial charge in [-0.2, -0.15) is 4.31 Å². The predicted molar refractivity (Wildman–Crippen MR) is 90.4 cm³/mol. The lowest BCUT2D eigenvalue weighted by Gasteiger charge is -2.34. The van der Waals surface area contributed by atoms with Crippen molar-refractivity contribution in [1.82, 2.24) is 9.62 Å². The van der Waals surface area contributed by atoms with Gasteiger partial charge in [0.1, 0.15) is 10.3 Å². The molecule has 0 spiro atoms. The fourth-order valence-electron chi connectivity index (χ4n) is 2.45. The zero-order valence-corrected chi connectivity index (χ0v) is 14.8. The van der Waals surface area contributed by atoms with Crippen molar-refractivity contribution in [2.24, 2.45) is 0 Å². The fraction of sp³-hybridized carbons (Fsp3) is 0.214. The van der Waals surface area contributed by atoms with E-state index in [0.29, 0.717) is 14.9 Å². The lowest BCUT2D eigenvalue weighted by molar-refractivity contribution is -0.126. The van der Waals surface area contributed by atoms with E-state index >= 15 is 0 Å². The topological polar surface area (TPSA) is 66.5 Å². The lowest BCUT2D eigenvalue weighted by Crippen LogP contribution is -2.52. The third-order valence-electron chi connectivity index (χ3n) is 3.48. The van der Waals surface area contributed by atoms with E-state index in [9.17, 15) is 13.2 Å². The number of amides is 1. The highest BCUT2D eigenvalue weighted by Gasteiger charge is 2.40. The molecular weight excluding hydrogens is 379 g/mol. The van der Waals surface area contributed by atoms with Gasteiger partial charge in [0.15, 0.2) is 0 Å². The van der Waals surface area contributed by atoms with E-state index in [1.54, 1.807) is 24.3 Å². The molecule has 5 nitrogen and oxygen atoms in total. The Balaban J connectivity index is 2.09. The van der Waals surface area contributed by atoms with Gasteiger partial charge in [0, 0.05) is 18.1 Å². The predicted octanol–water partition coefficient (Wildman–Crippen LogP) is 2.92. The number of benzene rings is 1. The molecule has 1 N–H and O–H groups in total. The molecule has 2 heterocycles. The third kappa shape index (κ3) is 3.12. The van der Waals surface area contributed by atoms with Crippen molar-refractivity contribution in [3.8, 4) is 0 Å². The Kier molecular flexibility index (Phi) is 4.66. The van der Waals surface area contributed by atoms with E-state index in [1.807, 2.05) is 0 Å². The minimum absolute atomic E-state index is 0.106. The normalized spacial score (nSPS) is 19.6. The van der Waals surface area contributed by atoms with E-state index in [0.717, 1.165) is 11.3 Å². The van der Waals surface area contributed by atoms with Gasteiger partial charge in [-0.25, -0.2) is 8.42 Å². The number of carbonyl (C=O) groups excluding carboxylic acids is 1. The third-order valence-corrected chi connectivity index (χ3v) is 7.39. The van der Waals surface area contributed by atoms with Gasteiger partial charge in [-0.3, -0.25) is 4.79 Å². The number of sulfonamides is 1. The Morgan fingerprint density at radius 2 is 1.91 bits per heavy atom. The van der Waals surface area contributed by atoms with E-state index in [-0.39, 0.29) is 17.3 Å². The molecule has 1 fully saturated rings. The van der Waals surface area contributed by atoms with Crippen LogP contribution in [0.25, 0.3) is 0 Å². The van der Waals surface area contributed by atoms with Gasteiger partial charge in [0.25, 0.3) is 10.0 Å². The van der Waals surface area contributed by atoms with Crippen LogP contribution in [0.3, 0.4) is 0 Å². The number of piperazine rings is 1. The zero-order valence-electron chi connectivity index (χ0n) is 11.7. The summed E-state index contributed by atoms with van der Waals surface area (Å²) in [5.74, 6) is -0.393. The molecule has 0 saturated carbocycles. The highest BCUT2D eigenvalue weighted by Crippen LogP contribution is 2.36. The molecule has 2 aromatic rings. The van der Waals surface area contributed by atoms with Crippen molar-refractivity contribution in [3.63, 3.8) is 0 Å². The molecule has 1 atom stereocenters. The summed E-state index contributed by atoms with van der Waals surface area (Å²) in [6.45, 7) is 0.414. The van der Waals surface area contributed by atoms with Crippen LogP contribution >= 0.6 is 34.5 Å². The van der Waals surface area contributed by atoms with Crippen LogP contribution in [-0.2, 0) is 14.8 Å². The SMILES string of the molecule is O=C1NCCN(S(=O)(=O)c2ccc(Cl)s2)C1c1ccccc1Cl. The molecule has 1 saturated heterocycles. The first kappa shape index (κ1) is 16.7. The lowest BCUT2D eigenvalue weighted by atomic mass is 10.0. The maximum atomic E-state index is 12.9. The minimum atomic E-state index is -3.84. The Labute approximate surface area is 147 Å². The number of halogens is 2. The molecule has 1 amide bonds. The smallest absolute Gasteiger partial charge is 0.253 e. The van der Waals surface area contributed by atoms with Crippen LogP contribution in [-0.4, -0.2) is 31.7 Å². The van der Waals surface area contributed by atoms with Gasteiger partial charge >= 0.3 is 0 Å². The van der Waals surface area contributed by atoms with E-state index in [2.05, 4.69) is 5.32 Å². The molecule has 9 heteroatoms. The molecule has 23 heavy (non-hydrogen) atoms. The fourth-order valence-corrected chi connectivity index (χ4v) is 5.87. The second-order valence-corrected chi connectivity index (χ2v) is 9.13. The van der Waals surface area contributed by atoms with Crippen molar-refractivity contribution >= 4 is 50.5 Å². The minimum Gasteiger partial charge on any atom is -0.353 e. The first-order valence-electron chi connectivity index (χ1n) is 6.70. The van der Waals surface area contributed by atoms with Crippen LogP contribution in [0.5, 0.6) is 0 Å². The molecule has 122 valence electrons. The quantitative estimate of drug-likeness (QED) is 0.875. The Hall–Kier alpha value is -1.12. The first-order valence-corrected chi connectivity index (χ1v) is 9.72. The Morgan fingerprint density at radius 1 is 1.17 bits per heavy atom. The molecule has 1 aromatic carbocycles. The van der Waals surface area contributed by atoms with Crippen LogP contribution in [0.2, 0.25) is 9.36 Å². The van der Waals surface area contributed by atoms with E-state index < -0.39 is 22.0 Å². The number of nitrogens with zero attached hydrogens (tertiary/aromatic N) is 1. The zero-order chi connectivity index (χ0) is 16.6. The van der Waals surface area contributed by atoms with Crippen LogP contribution < -0.4 is 5.32 Å². The summed E-state index contributed by atoms with van der Waals surface area (Å²) in [4.78, 5) is 12.3. The van der Waals surface area contributed by atoms with Gasteiger partial charge in [-0.15, -0.1) is 11.3 Å². The summed E-state index contributed by atoms with van der Waals surface area (Å²) in [6.07, 6.45) is 0. The van der Waals surface area contributed by atoms with Crippen molar-refractivity contribution in [1.29, 1.82) is 0 Å². The molecular formula is C14H12Cl2N2O3S2. The highest BCUT2D eigenvalue weighted by atomic mass is 35.5. The van der Waals surface area contributed by atoms with Gasteiger partial charge in [0.2, 0.25) is 5.91 Å². The van der Waals surface area contributed by atoms with Gasteiger partial charge in [-0.05, 0) is 23.8 Å². The van der Waals surface area contributed by atoms with Crippen molar-refractivity contribution in [2.75, 3.05) is 13.1 Å². The summed E-state index contributed by atoms with van der Waals surface area (Å²) in [5.41, 5.74) is 0.456.